The first kappa shape index (κ1) is 16.2. The highest BCUT2D eigenvalue weighted by molar-refractivity contribution is 5.75. The van der Waals surface area contributed by atoms with Crippen molar-refractivity contribution in [3.8, 4) is 0 Å². The number of carboxylic acid groups (broad SMARTS) is 1. The normalized spacial score (nSPS) is 15.8. The summed E-state index contributed by atoms with van der Waals surface area (Å²) in [4.78, 5) is 34.5. The van der Waals surface area contributed by atoms with Crippen molar-refractivity contribution in [1.29, 1.82) is 0 Å². The van der Waals surface area contributed by atoms with Crippen LogP contribution in [-0.2, 0) is 14.3 Å². The molecule has 0 aliphatic carbocycles. The summed E-state index contributed by atoms with van der Waals surface area (Å²) in [6.07, 6.45) is 1.16. The van der Waals surface area contributed by atoms with Gasteiger partial charge in [-0.2, -0.15) is 0 Å². The summed E-state index contributed by atoms with van der Waals surface area (Å²) in [5.41, 5.74) is 0. The van der Waals surface area contributed by atoms with E-state index < -0.39 is 5.97 Å². The highest BCUT2D eigenvalue weighted by atomic mass is 16.5. The number of hydrogen-bond acceptors (Lipinski definition) is 4. The Morgan fingerprint density at radius 3 is 2.35 bits per heavy atom. The predicted octanol–water partition coefficient (Wildman–Crippen LogP) is -0.602. The molecule has 3 amide bonds. The molecule has 3 N–H and O–H groups in total. The fraction of sp³-hybridized carbons (Fsp3) is 0.750. The van der Waals surface area contributed by atoms with Crippen LogP contribution in [0.15, 0.2) is 0 Å². The maximum Gasteiger partial charge on any atom is 0.329 e. The molecule has 0 radical (unpaired) electrons. The van der Waals surface area contributed by atoms with Gasteiger partial charge in [-0.25, -0.2) is 9.59 Å². The molecule has 0 aromatic rings. The molecule has 20 heavy (non-hydrogen) atoms. The second-order valence-electron chi connectivity index (χ2n) is 4.61. The van der Waals surface area contributed by atoms with Crippen molar-refractivity contribution in [3.63, 3.8) is 0 Å². The molecule has 0 unspecified atom stereocenters. The Bertz CT molecular complexity index is 353. The first-order valence-corrected chi connectivity index (χ1v) is 6.59. The lowest BCUT2D eigenvalue weighted by Crippen LogP contribution is -2.47. The molecule has 1 rings (SSSR count). The van der Waals surface area contributed by atoms with Crippen LogP contribution in [0.5, 0.6) is 0 Å². The summed E-state index contributed by atoms with van der Waals surface area (Å²) < 4.78 is 5.19. The minimum Gasteiger partial charge on any atom is -0.480 e. The van der Waals surface area contributed by atoms with Gasteiger partial charge in [0.15, 0.2) is 0 Å². The molecule has 1 heterocycles. The molecule has 0 spiro atoms. The fourth-order valence-corrected chi connectivity index (χ4v) is 1.93. The lowest BCUT2D eigenvalue weighted by Gasteiger charge is -2.31. The quantitative estimate of drug-likeness (QED) is 0.565. The molecule has 1 aliphatic heterocycles. The molecule has 0 atom stereocenters. The van der Waals surface area contributed by atoms with Crippen molar-refractivity contribution in [2.75, 3.05) is 32.8 Å². The van der Waals surface area contributed by atoms with E-state index in [0.717, 1.165) is 0 Å². The molecule has 1 saturated heterocycles. The number of likely N-dealkylation sites (tertiary alicyclic amines) is 1. The minimum absolute atomic E-state index is 0.102. The molecule has 0 aromatic heterocycles. The van der Waals surface area contributed by atoms with Gasteiger partial charge in [0.2, 0.25) is 5.91 Å². The monoisotopic (exact) mass is 287 g/mol. The van der Waals surface area contributed by atoms with Crippen LogP contribution in [0.1, 0.15) is 19.8 Å². The predicted molar refractivity (Wildman–Crippen MR) is 70.3 cm³/mol. The maximum atomic E-state index is 11.8. The van der Waals surface area contributed by atoms with E-state index in [-0.39, 0.29) is 24.6 Å². The van der Waals surface area contributed by atoms with Crippen molar-refractivity contribution >= 4 is 17.9 Å². The maximum absolute atomic E-state index is 11.8. The van der Waals surface area contributed by atoms with Gasteiger partial charge in [0.1, 0.15) is 6.61 Å². The number of ether oxygens (including phenoxy) is 1. The molecule has 1 aliphatic rings. The van der Waals surface area contributed by atoms with Gasteiger partial charge in [0.05, 0.1) is 6.10 Å². The Hall–Kier alpha value is -1.83. The first-order chi connectivity index (χ1) is 9.49. The molecule has 8 heteroatoms. The Balaban J connectivity index is 2.15. The topological polar surface area (TPSA) is 108 Å². The van der Waals surface area contributed by atoms with E-state index in [2.05, 4.69) is 10.6 Å². The number of amides is 3. The number of nitrogens with one attached hydrogen (secondary N) is 2. The zero-order valence-corrected chi connectivity index (χ0v) is 11.6. The Labute approximate surface area is 117 Å². The Morgan fingerprint density at radius 2 is 1.80 bits per heavy atom. The molecule has 0 bridgehead atoms. The van der Waals surface area contributed by atoms with Gasteiger partial charge in [-0.1, -0.05) is 0 Å². The van der Waals surface area contributed by atoms with Gasteiger partial charge >= 0.3 is 12.0 Å². The van der Waals surface area contributed by atoms with E-state index in [1.807, 2.05) is 0 Å². The number of nitrogens with zero attached hydrogens (tertiary/aromatic N) is 1. The van der Waals surface area contributed by atoms with Crippen molar-refractivity contribution in [2.24, 2.45) is 0 Å². The second kappa shape index (κ2) is 8.36. The molecule has 0 saturated carbocycles. The second-order valence-corrected chi connectivity index (χ2v) is 4.61. The van der Waals surface area contributed by atoms with Crippen LogP contribution in [0.4, 0.5) is 4.79 Å². The highest BCUT2D eigenvalue weighted by Gasteiger charge is 2.23. The molecular formula is C12H21N3O5. The van der Waals surface area contributed by atoms with E-state index >= 15 is 0 Å². The number of rotatable bonds is 6. The van der Waals surface area contributed by atoms with Crippen molar-refractivity contribution in [2.45, 2.75) is 25.9 Å². The SMILES string of the molecule is CC(=O)NCCNC(=O)N1CCC(OCC(=O)O)CC1. The molecule has 8 nitrogen and oxygen atoms in total. The Kier molecular flexibility index (Phi) is 6.78. The number of piperidine rings is 1. The van der Waals surface area contributed by atoms with E-state index in [1.165, 1.54) is 6.92 Å². The van der Waals surface area contributed by atoms with Gasteiger partial charge in [-0.05, 0) is 12.8 Å². The van der Waals surface area contributed by atoms with Crippen LogP contribution >= 0.6 is 0 Å². The Morgan fingerprint density at radius 1 is 1.20 bits per heavy atom. The molecule has 1 fully saturated rings. The summed E-state index contributed by atoms with van der Waals surface area (Å²) in [6, 6.07) is -0.174. The summed E-state index contributed by atoms with van der Waals surface area (Å²) in [5.74, 6) is -1.11. The van der Waals surface area contributed by atoms with E-state index in [4.69, 9.17) is 9.84 Å². The van der Waals surface area contributed by atoms with Crippen LogP contribution < -0.4 is 10.6 Å². The van der Waals surface area contributed by atoms with Crippen LogP contribution in [0, 0.1) is 0 Å². The number of aliphatic carboxylic acids is 1. The third-order valence-corrected chi connectivity index (χ3v) is 2.95. The number of urea groups is 1. The summed E-state index contributed by atoms with van der Waals surface area (Å²) >= 11 is 0. The van der Waals surface area contributed by atoms with Crippen molar-refractivity contribution < 1.29 is 24.2 Å². The number of hydrogen-bond donors (Lipinski definition) is 3. The highest BCUT2D eigenvalue weighted by Crippen LogP contribution is 2.13. The molecular weight excluding hydrogens is 266 g/mol. The lowest BCUT2D eigenvalue weighted by atomic mass is 10.1. The van der Waals surface area contributed by atoms with Crippen LogP contribution in [-0.4, -0.2) is 66.8 Å². The van der Waals surface area contributed by atoms with E-state index in [1.54, 1.807) is 4.90 Å². The van der Waals surface area contributed by atoms with Crippen LogP contribution in [0.25, 0.3) is 0 Å². The zero-order valence-electron chi connectivity index (χ0n) is 11.6. The number of carboxylic acids is 1. The minimum atomic E-state index is -0.983. The van der Waals surface area contributed by atoms with Gasteiger partial charge in [-0.15, -0.1) is 0 Å². The standard InChI is InChI=1S/C12H21N3O5/c1-9(16)13-4-5-14-12(19)15-6-2-10(3-7-15)20-8-11(17)18/h10H,2-8H2,1H3,(H,13,16)(H,14,19)(H,17,18). The van der Waals surface area contributed by atoms with Gasteiger partial charge in [-0.3, -0.25) is 4.79 Å². The smallest absolute Gasteiger partial charge is 0.329 e. The third-order valence-electron chi connectivity index (χ3n) is 2.95. The summed E-state index contributed by atoms with van der Waals surface area (Å²) in [5, 5.41) is 13.8. The average Bonchev–Trinajstić information content (AvgIpc) is 2.41. The number of carbonyl (C=O) groups is 3. The van der Waals surface area contributed by atoms with Crippen LogP contribution in [0.2, 0.25) is 0 Å². The average molecular weight is 287 g/mol. The zero-order chi connectivity index (χ0) is 15.0. The first-order valence-electron chi connectivity index (χ1n) is 6.59. The summed E-state index contributed by atoms with van der Waals surface area (Å²) in [6.45, 7) is 2.98. The van der Waals surface area contributed by atoms with Crippen molar-refractivity contribution in [1.82, 2.24) is 15.5 Å². The molecule has 0 aromatic carbocycles. The van der Waals surface area contributed by atoms with Crippen molar-refractivity contribution in [3.05, 3.63) is 0 Å². The third kappa shape index (κ3) is 6.37. The van der Waals surface area contributed by atoms with Gasteiger partial charge in [0, 0.05) is 33.1 Å². The van der Waals surface area contributed by atoms with E-state index in [0.29, 0.717) is 39.0 Å². The van der Waals surface area contributed by atoms with E-state index in [9.17, 15) is 14.4 Å². The largest absolute Gasteiger partial charge is 0.480 e. The van der Waals surface area contributed by atoms with Gasteiger partial charge in [0.25, 0.3) is 0 Å². The van der Waals surface area contributed by atoms with Crippen LogP contribution in [0.3, 0.4) is 0 Å². The summed E-state index contributed by atoms with van der Waals surface area (Å²) in [7, 11) is 0. The van der Waals surface area contributed by atoms with Gasteiger partial charge < -0.3 is 25.4 Å². The fourth-order valence-electron chi connectivity index (χ4n) is 1.93. The number of carbonyl (C=O) groups excluding carboxylic acids is 2. The lowest BCUT2D eigenvalue weighted by molar-refractivity contribution is -0.145. The molecule has 114 valence electrons.